The number of amides is 2. The van der Waals surface area contributed by atoms with E-state index in [0.29, 0.717) is 39.9 Å². The van der Waals surface area contributed by atoms with Gasteiger partial charge < -0.3 is 20.1 Å². The monoisotopic (exact) mass is 429 g/mol. The molecule has 8 heteroatoms. The smallest absolute Gasteiger partial charge is 0.250 e. The topological polar surface area (TPSA) is 88.7 Å². The van der Waals surface area contributed by atoms with Gasteiger partial charge in [-0.3, -0.25) is 14.9 Å². The molecule has 1 saturated heterocycles. The van der Waals surface area contributed by atoms with Gasteiger partial charge in [0.1, 0.15) is 17.0 Å². The highest BCUT2D eigenvalue weighted by Gasteiger charge is 2.59. The number of hydrogen-bond donors (Lipinski definition) is 3. The van der Waals surface area contributed by atoms with E-state index in [1.807, 2.05) is 13.8 Å². The fourth-order valence-corrected chi connectivity index (χ4v) is 4.83. The van der Waals surface area contributed by atoms with Crippen molar-refractivity contribution >= 4 is 34.8 Å². The van der Waals surface area contributed by atoms with E-state index in [1.165, 1.54) is 7.11 Å². The van der Waals surface area contributed by atoms with Gasteiger partial charge in [0.2, 0.25) is 11.8 Å². The van der Waals surface area contributed by atoms with Gasteiger partial charge in [0.15, 0.2) is 0 Å². The van der Waals surface area contributed by atoms with Gasteiger partial charge in [-0.15, -0.1) is 0 Å². The molecule has 0 radical (unpaired) electrons. The molecule has 158 valence electrons. The summed E-state index contributed by atoms with van der Waals surface area (Å²) in [7, 11) is 3.08. The molecule has 7 nitrogen and oxygen atoms in total. The molecule has 0 bridgehead atoms. The Balaban J connectivity index is 1.75. The molecular weight excluding hydrogens is 406 g/mol. The number of benzene rings is 2. The third kappa shape index (κ3) is 3.09. The predicted octanol–water partition coefficient (Wildman–Crippen LogP) is 3.45. The van der Waals surface area contributed by atoms with Gasteiger partial charge in [0, 0.05) is 28.4 Å². The van der Waals surface area contributed by atoms with Crippen LogP contribution in [0.5, 0.6) is 11.5 Å². The Kier molecular flexibility index (Phi) is 5.11. The van der Waals surface area contributed by atoms with Crippen molar-refractivity contribution in [1.29, 1.82) is 0 Å². The number of carbonyl (C=O) groups excluding carboxylic acids is 2. The Morgan fingerprint density at radius 3 is 2.70 bits per heavy atom. The summed E-state index contributed by atoms with van der Waals surface area (Å²) >= 11 is 6.31. The number of ether oxygens (including phenoxy) is 2. The summed E-state index contributed by atoms with van der Waals surface area (Å²) in [5, 5.41) is 9.78. The van der Waals surface area contributed by atoms with E-state index in [1.54, 1.807) is 37.4 Å². The van der Waals surface area contributed by atoms with Gasteiger partial charge in [-0.25, -0.2) is 0 Å². The Morgan fingerprint density at radius 2 is 2.00 bits per heavy atom. The molecule has 2 aromatic rings. The summed E-state index contributed by atoms with van der Waals surface area (Å²) in [6.45, 7) is 3.85. The first kappa shape index (κ1) is 20.5. The molecule has 2 aromatic carbocycles. The summed E-state index contributed by atoms with van der Waals surface area (Å²) in [6, 6.07) is 8.69. The second-order valence-corrected chi connectivity index (χ2v) is 8.23. The van der Waals surface area contributed by atoms with Crippen LogP contribution in [0.25, 0.3) is 0 Å². The molecule has 4 rings (SSSR count). The lowest BCUT2D eigenvalue weighted by molar-refractivity contribution is -0.130. The molecule has 1 fully saturated rings. The third-order valence-corrected chi connectivity index (χ3v) is 6.11. The summed E-state index contributed by atoms with van der Waals surface area (Å²) < 4.78 is 10.6. The van der Waals surface area contributed by atoms with Crippen LogP contribution >= 0.6 is 11.6 Å². The fourth-order valence-electron chi connectivity index (χ4n) is 4.56. The summed E-state index contributed by atoms with van der Waals surface area (Å²) in [5.41, 5.74) is 1.58. The minimum Gasteiger partial charge on any atom is -0.497 e. The fraction of sp³-hybridized carbons (Fsp3) is 0.364. The molecular formula is C22H24ClN3O4. The van der Waals surface area contributed by atoms with Crippen molar-refractivity contribution in [3.63, 3.8) is 0 Å². The third-order valence-electron chi connectivity index (χ3n) is 5.89. The summed E-state index contributed by atoms with van der Waals surface area (Å²) in [4.78, 5) is 26.7. The second-order valence-electron chi connectivity index (χ2n) is 7.80. The van der Waals surface area contributed by atoms with E-state index in [-0.39, 0.29) is 17.9 Å². The van der Waals surface area contributed by atoms with Crippen LogP contribution in [0.4, 0.5) is 11.4 Å². The van der Waals surface area contributed by atoms with Crippen LogP contribution in [0.3, 0.4) is 0 Å². The van der Waals surface area contributed by atoms with Crippen molar-refractivity contribution < 1.29 is 19.1 Å². The van der Waals surface area contributed by atoms with E-state index < -0.39 is 11.5 Å². The standard InChI is InChI=1S/C22H24ClN3O4/c1-11-7-13(23)9-15-19(11)25-21(28)22(15)16(8-12(2)26-22)20(27)24-17-10-14(29-3)5-6-18(17)30-4/h5-7,9-10,12,16,26H,8H2,1-4H3,(H,24,27)(H,25,28)/t12-,16+,22+/m1/s1. The Hall–Kier alpha value is -2.77. The first-order chi connectivity index (χ1) is 14.3. The molecule has 2 amide bonds. The molecule has 30 heavy (non-hydrogen) atoms. The Labute approximate surface area is 180 Å². The van der Waals surface area contributed by atoms with Gasteiger partial charge in [-0.05, 0) is 50.1 Å². The lowest BCUT2D eigenvalue weighted by Crippen LogP contribution is -2.52. The van der Waals surface area contributed by atoms with E-state index in [4.69, 9.17) is 21.1 Å². The van der Waals surface area contributed by atoms with Crippen LogP contribution in [-0.4, -0.2) is 32.1 Å². The SMILES string of the molecule is COc1ccc(OC)c(NC(=O)[C@@H]2C[C@@H](C)N[C@]23C(=O)Nc2c(C)cc(Cl)cc23)c1. The van der Waals surface area contributed by atoms with Crippen LogP contribution in [0.2, 0.25) is 5.02 Å². The quantitative estimate of drug-likeness (QED) is 0.692. The molecule has 2 aliphatic rings. The Morgan fingerprint density at radius 1 is 1.23 bits per heavy atom. The Bertz CT molecular complexity index is 1040. The summed E-state index contributed by atoms with van der Waals surface area (Å²) in [5.74, 6) is -0.0658. The van der Waals surface area contributed by atoms with Crippen LogP contribution in [-0.2, 0) is 15.1 Å². The highest BCUT2D eigenvalue weighted by atomic mass is 35.5. The van der Waals surface area contributed by atoms with E-state index >= 15 is 0 Å². The zero-order valence-corrected chi connectivity index (χ0v) is 18.0. The maximum atomic E-state index is 13.5. The first-order valence-electron chi connectivity index (χ1n) is 9.72. The number of anilines is 2. The van der Waals surface area contributed by atoms with Crippen molar-refractivity contribution in [2.45, 2.75) is 31.8 Å². The zero-order valence-electron chi connectivity index (χ0n) is 17.3. The normalized spacial score (nSPS) is 24.5. The maximum absolute atomic E-state index is 13.5. The molecule has 2 aliphatic heterocycles. The van der Waals surface area contributed by atoms with Gasteiger partial charge in [-0.2, -0.15) is 0 Å². The van der Waals surface area contributed by atoms with E-state index in [9.17, 15) is 9.59 Å². The number of halogens is 1. The highest BCUT2D eigenvalue weighted by Crippen LogP contribution is 2.49. The van der Waals surface area contributed by atoms with Crippen LogP contribution in [0, 0.1) is 12.8 Å². The van der Waals surface area contributed by atoms with Crippen LogP contribution in [0.15, 0.2) is 30.3 Å². The molecule has 0 unspecified atom stereocenters. The number of rotatable bonds is 4. The number of nitrogens with one attached hydrogen (secondary N) is 3. The number of fused-ring (bicyclic) bond motifs is 2. The number of hydrogen-bond acceptors (Lipinski definition) is 5. The molecule has 2 heterocycles. The van der Waals surface area contributed by atoms with Crippen molar-refractivity contribution in [3.8, 4) is 11.5 Å². The average molecular weight is 430 g/mol. The second kappa shape index (κ2) is 7.49. The van der Waals surface area contributed by atoms with Crippen molar-refractivity contribution in [3.05, 3.63) is 46.5 Å². The molecule has 3 N–H and O–H groups in total. The van der Waals surface area contributed by atoms with Gasteiger partial charge in [0.05, 0.1) is 25.8 Å². The van der Waals surface area contributed by atoms with Crippen molar-refractivity contribution in [2.75, 3.05) is 24.9 Å². The van der Waals surface area contributed by atoms with Gasteiger partial charge in [-0.1, -0.05) is 11.6 Å². The van der Waals surface area contributed by atoms with E-state index in [2.05, 4.69) is 16.0 Å². The largest absolute Gasteiger partial charge is 0.497 e. The summed E-state index contributed by atoms with van der Waals surface area (Å²) in [6.07, 6.45) is 0.497. The lowest BCUT2D eigenvalue weighted by atomic mass is 9.79. The zero-order chi connectivity index (χ0) is 21.6. The van der Waals surface area contributed by atoms with E-state index in [0.717, 1.165) is 5.56 Å². The molecule has 1 spiro atoms. The number of aryl methyl sites for hydroxylation is 1. The van der Waals surface area contributed by atoms with Gasteiger partial charge in [0.25, 0.3) is 0 Å². The molecule has 0 aromatic heterocycles. The van der Waals surface area contributed by atoms with Crippen molar-refractivity contribution in [2.24, 2.45) is 5.92 Å². The first-order valence-corrected chi connectivity index (χ1v) is 10.1. The number of methoxy groups -OCH3 is 2. The average Bonchev–Trinajstić information content (AvgIpc) is 3.20. The minimum atomic E-state index is -1.18. The predicted molar refractivity (Wildman–Crippen MR) is 115 cm³/mol. The maximum Gasteiger partial charge on any atom is 0.250 e. The highest BCUT2D eigenvalue weighted by molar-refractivity contribution is 6.31. The molecule has 3 atom stereocenters. The lowest BCUT2D eigenvalue weighted by Gasteiger charge is -2.29. The number of carbonyl (C=O) groups is 2. The van der Waals surface area contributed by atoms with Crippen molar-refractivity contribution in [1.82, 2.24) is 5.32 Å². The van der Waals surface area contributed by atoms with Crippen LogP contribution in [0.1, 0.15) is 24.5 Å². The van der Waals surface area contributed by atoms with Gasteiger partial charge >= 0.3 is 0 Å². The minimum absolute atomic E-state index is 0.0380. The molecule has 0 aliphatic carbocycles. The molecule has 0 saturated carbocycles. The van der Waals surface area contributed by atoms with Crippen LogP contribution < -0.4 is 25.4 Å².